The summed E-state index contributed by atoms with van der Waals surface area (Å²) in [5.41, 5.74) is 34.0. The quantitative estimate of drug-likeness (QED) is 0.0226. The fourth-order valence-electron chi connectivity index (χ4n) is 11.4. The highest BCUT2D eigenvalue weighted by Gasteiger charge is 2.42. The lowest BCUT2D eigenvalue weighted by Gasteiger charge is -2.31. The number of amides is 7. The van der Waals surface area contributed by atoms with Gasteiger partial charge >= 0.3 is 5.97 Å². The molecule has 31 heteroatoms. The van der Waals surface area contributed by atoms with E-state index in [1.165, 1.54) is 47.9 Å². The number of nitrogens with two attached hydrogens (primary N) is 6. The van der Waals surface area contributed by atoms with E-state index >= 15 is 0 Å². The van der Waals surface area contributed by atoms with Crippen molar-refractivity contribution in [2.45, 2.75) is 199 Å². The van der Waals surface area contributed by atoms with Crippen LogP contribution in [0.2, 0.25) is 0 Å². The Kier molecular flexibility index (Phi) is 38.8. The number of nitrogens with zero attached hydrogens (tertiary/aromatic N) is 3. The van der Waals surface area contributed by atoms with Gasteiger partial charge in [0.2, 0.25) is 41.4 Å². The van der Waals surface area contributed by atoms with Crippen LogP contribution in [0, 0.1) is 41.4 Å². The minimum atomic E-state index is -1.77. The number of rotatable bonds is 49. The summed E-state index contributed by atoms with van der Waals surface area (Å²) >= 11 is 1.35. The first-order valence-corrected chi connectivity index (χ1v) is 34.4. The molecular weight excluding hydrogens is 1260 g/mol. The maximum atomic E-state index is 14.6. The molecule has 0 radical (unpaired) electrons. The highest BCUT2D eigenvalue weighted by Crippen LogP contribution is 2.25. The molecule has 0 unspecified atom stereocenters. The standard InChI is InChI=1S/C65H108N14O16S/c1-36(2)27-38(5)58(90)74-47(14-10-23-72-64(68)69)53(85)33-44(35-80)61(93)77-49(21-26-96-7)63(95)79-25-12-16-50(79)62(94)78-56(39(6)81)54(86)32-43(34-55(87)88)60(92)75-46(13-8-9-22-66)52(84)31-42(29-40-17-19-45(82)20-18-40)59(91)76-48(15-11-24-73-65(70)71)51(83)30-41(57(67)89)28-37(3)4/h17-20,36-39,41-44,46-50,56,80-82H,8-16,21-35,66H2,1-7H3,(H2,67,89)(H,74,90)(H,75,92)(H,76,91)(H,77,93)(H,78,94)(H,87,88)(H4,68,69,72)(H4,70,71,73)/t38-,39+,41+,42+,43-,44-,46-,47-,48-,49-,50-,56-/m0/s1. The number of unbranched alkanes of at least 4 members (excludes halogenated alkanes) is 1. The van der Waals surface area contributed by atoms with Crippen molar-refractivity contribution in [3.63, 3.8) is 0 Å². The number of carboxylic acids is 1. The first-order valence-electron chi connectivity index (χ1n) is 33.0. The summed E-state index contributed by atoms with van der Waals surface area (Å²) in [5.74, 6) is -15.2. The van der Waals surface area contributed by atoms with Crippen LogP contribution in [0.5, 0.6) is 5.75 Å². The molecule has 30 nitrogen and oxygen atoms in total. The summed E-state index contributed by atoms with van der Waals surface area (Å²) in [6.45, 7) is 10.1. The molecule has 96 heavy (non-hydrogen) atoms. The summed E-state index contributed by atoms with van der Waals surface area (Å²) in [6, 6.07) is -2.19. The molecule has 2 rings (SSSR count). The normalized spacial score (nSPS) is 16.4. The zero-order chi connectivity index (χ0) is 72.4. The van der Waals surface area contributed by atoms with Crippen LogP contribution in [0.3, 0.4) is 0 Å². The van der Waals surface area contributed by atoms with Crippen LogP contribution in [0.25, 0.3) is 0 Å². The number of hydrogen-bond acceptors (Lipinski definition) is 19. The molecule has 7 amide bonds. The molecule has 1 aromatic rings. The molecule has 1 aliphatic heterocycles. The lowest BCUT2D eigenvalue weighted by atomic mass is 9.87. The number of phenolic OH excluding ortho intramolecular Hbond substituents is 1. The van der Waals surface area contributed by atoms with Crippen molar-refractivity contribution in [2.24, 2.45) is 85.8 Å². The van der Waals surface area contributed by atoms with E-state index in [0.717, 1.165) is 0 Å². The number of carbonyl (C=O) groups is 12. The van der Waals surface area contributed by atoms with Crippen LogP contribution in [0.1, 0.15) is 156 Å². The minimum absolute atomic E-state index is 0.0102. The van der Waals surface area contributed by atoms with Crippen LogP contribution in [0.4, 0.5) is 0 Å². The van der Waals surface area contributed by atoms with E-state index < -0.39 is 169 Å². The molecule has 1 aromatic carbocycles. The average Bonchev–Trinajstić information content (AvgIpc) is 1.59. The number of thioether (sulfide) groups is 1. The van der Waals surface area contributed by atoms with Gasteiger partial charge in [-0.2, -0.15) is 11.8 Å². The van der Waals surface area contributed by atoms with Gasteiger partial charge in [0.05, 0.1) is 49.1 Å². The summed E-state index contributed by atoms with van der Waals surface area (Å²) in [7, 11) is 0. The number of aliphatic hydroxyl groups is 2. The second-order valence-electron chi connectivity index (χ2n) is 25.8. The number of primary amides is 1. The van der Waals surface area contributed by atoms with E-state index in [0.29, 0.717) is 24.2 Å². The van der Waals surface area contributed by atoms with Crippen molar-refractivity contribution in [2.75, 3.05) is 44.8 Å². The molecule has 0 saturated carbocycles. The average molecular weight is 1370 g/mol. The van der Waals surface area contributed by atoms with Crippen molar-refractivity contribution >= 4 is 94.1 Å². The number of ketones is 4. The topological polar surface area (TPSA) is 530 Å². The number of aliphatic carboxylic acids is 1. The number of aliphatic imine (C=N–C) groups is 2. The molecule has 21 N–H and O–H groups in total. The van der Waals surface area contributed by atoms with Gasteiger partial charge in [-0.05, 0) is 138 Å². The third kappa shape index (κ3) is 31.4. The second kappa shape index (κ2) is 44.1. The number of benzene rings is 1. The Hall–Kier alpha value is -7.77. The fraction of sp³-hybridized carbons (Fsp3) is 0.692. The van der Waals surface area contributed by atoms with E-state index in [2.05, 4.69) is 36.6 Å². The van der Waals surface area contributed by atoms with Gasteiger partial charge in [0.1, 0.15) is 23.9 Å². The molecule has 1 aliphatic rings. The van der Waals surface area contributed by atoms with Crippen molar-refractivity contribution < 1.29 is 78.0 Å². The van der Waals surface area contributed by atoms with Crippen LogP contribution in [-0.4, -0.2) is 195 Å². The van der Waals surface area contributed by atoms with Crippen LogP contribution in [0.15, 0.2) is 34.3 Å². The van der Waals surface area contributed by atoms with Gasteiger partial charge in [0.25, 0.3) is 0 Å². The van der Waals surface area contributed by atoms with E-state index in [1.807, 2.05) is 27.7 Å². The van der Waals surface area contributed by atoms with Gasteiger partial charge in [-0.15, -0.1) is 0 Å². The number of phenols is 1. The van der Waals surface area contributed by atoms with Crippen molar-refractivity contribution in [3.8, 4) is 5.75 Å². The largest absolute Gasteiger partial charge is 0.508 e. The van der Waals surface area contributed by atoms with Gasteiger partial charge in [-0.3, -0.25) is 67.5 Å². The lowest BCUT2D eigenvalue weighted by molar-refractivity contribution is -0.144. The third-order valence-corrected chi connectivity index (χ3v) is 17.2. The monoisotopic (exact) mass is 1370 g/mol. The smallest absolute Gasteiger partial charge is 0.304 e. The lowest BCUT2D eigenvalue weighted by Crippen LogP contribution is -2.57. The van der Waals surface area contributed by atoms with Crippen LogP contribution < -0.4 is 61.0 Å². The number of aromatic hydroxyl groups is 1. The summed E-state index contributed by atoms with van der Waals surface area (Å²) in [6.07, 6.45) is -0.834. The maximum absolute atomic E-state index is 14.6. The molecule has 1 fully saturated rings. The first kappa shape index (κ1) is 84.3. The van der Waals surface area contributed by atoms with Crippen LogP contribution in [-0.2, 0) is 64.0 Å². The molecule has 1 saturated heterocycles. The Labute approximate surface area is 567 Å². The minimum Gasteiger partial charge on any atom is -0.508 e. The predicted molar refractivity (Wildman–Crippen MR) is 363 cm³/mol. The third-order valence-electron chi connectivity index (χ3n) is 16.5. The molecule has 540 valence electrons. The Morgan fingerprint density at radius 1 is 0.594 bits per heavy atom. The number of guanidine groups is 2. The van der Waals surface area contributed by atoms with E-state index in [1.54, 1.807) is 13.2 Å². The molecule has 0 bridgehead atoms. The molecule has 0 spiro atoms. The van der Waals surface area contributed by atoms with Crippen LogP contribution >= 0.6 is 11.8 Å². The molecule has 12 atom stereocenters. The number of nitrogens with one attached hydrogen (secondary N) is 5. The van der Waals surface area contributed by atoms with E-state index in [4.69, 9.17) is 34.4 Å². The zero-order valence-electron chi connectivity index (χ0n) is 56.8. The highest BCUT2D eigenvalue weighted by atomic mass is 32.2. The van der Waals surface area contributed by atoms with Gasteiger partial charge in [-0.1, -0.05) is 46.8 Å². The predicted octanol–water partition coefficient (Wildman–Crippen LogP) is -0.298. The fourth-order valence-corrected chi connectivity index (χ4v) is 11.9. The van der Waals surface area contributed by atoms with Gasteiger partial charge in [-0.25, -0.2) is 0 Å². The summed E-state index contributed by atoms with van der Waals surface area (Å²) in [4.78, 5) is 176. The van der Waals surface area contributed by atoms with E-state index in [9.17, 15) is 78.0 Å². The Morgan fingerprint density at radius 3 is 1.55 bits per heavy atom. The van der Waals surface area contributed by atoms with Crippen molar-refractivity contribution in [1.82, 2.24) is 31.5 Å². The summed E-state index contributed by atoms with van der Waals surface area (Å²) < 4.78 is 0. The number of carbonyl (C=O) groups excluding carboxylic acids is 11. The van der Waals surface area contributed by atoms with Gasteiger partial charge in [0, 0.05) is 63.1 Å². The van der Waals surface area contributed by atoms with Gasteiger partial charge < -0.3 is 86.3 Å². The highest BCUT2D eigenvalue weighted by molar-refractivity contribution is 7.98. The number of aliphatic hydroxyl groups excluding tert-OH is 2. The number of Topliss-reactive ketones (excluding diaryl/α,β-unsaturated/α-hetero) is 4. The number of hydrogen-bond donors (Lipinski definition) is 15. The Bertz CT molecular complexity index is 2800. The SMILES string of the molecule is CSCC[C@H](NC(=O)[C@H](CO)CC(=O)[C@H](CCCN=C(N)N)NC(=O)[C@@H](C)CC(C)C)C(=O)N1CCC[C@H]1C(=O)N[C@H](C(=O)C[C@@H](CC(=O)O)C(=O)N[C@@H](CCCCN)C(=O)C[C@@H](Cc1ccc(O)cc1)C(=O)N[C@@H](CCCN=C(N)N)C(=O)C[C@@H](CC(C)C)C(N)=O)[C@@H](C)O. The molecule has 1 heterocycles. The van der Waals surface area contributed by atoms with Crippen molar-refractivity contribution in [3.05, 3.63) is 29.8 Å². The Balaban J connectivity index is 2.46. The maximum Gasteiger partial charge on any atom is 0.304 e. The van der Waals surface area contributed by atoms with E-state index in [-0.39, 0.29) is 139 Å². The molecule has 0 aliphatic carbocycles. The number of carboxylic acid groups (broad SMARTS) is 1. The second-order valence-corrected chi connectivity index (χ2v) is 26.8. The zero-order valence-corrected chi connectivity index (χ0v) is 57.6. The molecular formula is C65H108N14O16S. The van der Waals surface area contributed by atoms with Gasteiger partial charge in [0.15, 0.2) is 35.1 Å². The molecule has 0 aromatic heterocycles. The number of likely N-dealkylation sites (tertiary alicyclic amines) is 1. The summed E-state index contributed by atoms with van der Waals surface area (Å²) in [5, 5.41) is 54.9. The first-order chi connectivity index (χ1) is 45.2. The Morgan fingerprint density at radius 2 is 1.07 bits per heavy atom. The van der Waals surface area contributed by atoms with Crippen molar-refractivity contribution in [1.29, 1.82) is 0 Å².